The van der Waals surface area contributed by atoms with Crippen molar-refractivity contribution >= 4 is 16.0 Å². The molecule has 3 rings (SSSR count). The summed E-state index contributed by atoms with van der Waals surface area (Å²) in [5.41, 5.74) is 0.410. The molecule has 1 aliphatic rings. The normalized spacial score (nSPS) is 21.1. The molecule has 0 fully saturated rings. The largest absolute Gasteiger partial charge is 0.485 e. The lowest BCUT2D eigenvalue weighted by Crippen LogP contribution is -2.51. The fourth-order valence-corrected chi connectivity index (χ4v) is 3.88. The first kappa shape index (κ1) is 19.9. The van der Waals surface area contributed by atoms with E-state index in [2.05, 4.69) is 5.32 Å². The number of para-hydroxylation sites is 1. The Kier molecular flexibility index (Phi) is 5.40. The Balaban J connectivity index is 2.18. The summed E-state index contributed by atoms with van der Waals surface area (Å²) in [6, 6.07) is 15.7. The van der Waals surface area contributed by atoms with Crippen molar-refractivity contribution in [2.45, 2.75) is 31.6 Å². The van der Waals surface area contributed by atoms with Crippen molar-refractivity contribution in [2.75, 3.05) is 6.26 Å². The van der Waals surface area contributed by atoms with E-state index in [4.69, 9.17) is 13.9 Å². The smallest absolute Gasteiger partial charge is 0.264 e. The van der Waals surface area contributed by atoms with Gasteiger partial charge >= 0.3 is 0 Å². The monoisotopic (exact) mass is 399 g/mol. The molecule has 0 bridgehead atoms. The van der Waals surface area contributed by atoms with Crippen LogP contribution in [0.2, 0.25) is 0 Å². The van der Waals surface area contributed by atoms with Crippen LogP contribution in [-0.2, 0) is 14.3 Å². The third-order valence-electron chi connectivity index (χ3n) is 4.35. The second-order valence-corrected chi connectivity index (χ2v) is 8.59. The fourth-order valence-electron chi connectivity index (χ4n) is 3.16. The first-order chi connectivity index (χ1) is 13.2. The molecular formula is C20H21N3O4S. The molecule has 2 aromatic carbocycles. The van der Waals surface area contributed by atoms with Crippen LogP contribution >= 0.6 is 0 Å². The molecule has 0 aliphatic carbocycles. The van der Waals surface area contributed by atoms with Gasteiger partial charge in [-0.1, -0.05) is 48.5 Å². The molecule has 28 heavy (non-hydrogen) atoms. The average Bonchev–Trinajstić information content (AvgIpc) is 2.63. The van der Waals surface area contributed by atoms with E-state index >= 15 is 0 Å². The van der Waals surface area contributed by atoms with Gasteiger partial charge in [0.15, 0.2) is 6.19 Å². The third kappa shape index (κ3) is 4.32. The summed E-state index contributed by atoms with van der Waals surface area (Å²) in [6.45, 7) is 3.50. The fraction of sp³-hybridized carbons (Fsp3) is 0.300. The average molecular weight is 399 g/mol. The molecule has 8 heteroatoms. The first-order valence-corrected chi connectivity index (χ1v) is 10.5. The number of aliphatic imine (C=N–C) groups is 1. The molecule has 1 heterocycles. The van der Waals surface area contributed by atoms with E-state index in [9.17, 15) is 13.7 Å². The molecule has 0 saturated heterocycles. The summed E-state index contributed by atoms with van der Waals surface area (Å²) in [6.07, 6.45) is 1.97. The van der Waals surface area contributed by atoms with Crippen molar-refractivity contribution in [3.63, 3.8) is 0 Å². The van der Waals surface area contributed by atoms with E-state index in [1.807, 2.05) is 54.7 Å². The highest BCUT2D eigenvalue weighted by atomic mass is 32.2. The zero-order valence-electron chi connectivity index (χ0n) is 15.8. The SMILES string of the molecule is CC1(C)Oc2ccccc2C(N=C(NC#N)c2ccccc2)C1OS(C)(=O)=O. The Morgan fingerprint density at radius 3 is 2.46 bits per heavy atom. The Bertz CT molecular complexity index is 1030. The molecule has 7 nitrogen and oxygen atoms in total. The van der Waals surface area contributed by atoms with Crippen molar-refractivity contribution in [1.29, 1.82) is 5.26 Å². The van der Waals surface area contributed by atoms with Crippen molar-refractivity contribution in [1.82, 2.24) is 5.32 Å². The van der Waals surface area contributed by atoms with Gasteiger partial charge in [-0.25, -0.2) is 0 Å². The van der Waals surface area contributed by atoms with Gasteiger partial charge in [-0.15, -0.1) is 0 Å². The maximum absolute atomic E-state index is 11.9. The zero-order valence-corrected chi connectivity index (χ0v) is 16.6. The summed E-state index contributed by atoms with van der Waals surface area (Å²) < 4.78 is 35.3. The molecule has 0 amide bonds. The van der Waals surface area contributed by atoms with Crippen LogP contribution in [0, 0.1) is 11.5 Å². The number of rotatable bonds is 4. The van der Waals surface area contributed by atoms with E-state index in [0.717, 1.165) is 6.26 Å². The lowest BCUT2D eigenvalue weighted by Gasteiger charge is -2.42. The van der Waals surface area contributed by atoms with Gasteiger partial charge in [-0.05, 0) is 19.9 Å². The van der Waals surface area contributed by atoms with E-state index in [-0.39, 0.29) is 0 Å². The number of fused-ring (bicyclic) bond motifs is 1. The van der Waals surface area contributed by atoms with Crippen molar-refractivity contribution in [2.24, 2.45) is 4.99 Å². The van der Waals surface area contributed by atoms with Crippen LogP contribution in [0.5, 0.6) is 5.75 Å². The van der Waals surface area contributed by atoms with Gasteiger partial charge in [0, 0.05) is 11.1 Å². The predicted molar refractivity (Wildman–Crippen MR) is 105 cm³/mol. The number of nitrogens with zero attached hydrogens (tertiary/aromatic N) is 2. The second kappa shape index (κ2) is 7.62. The minimum atomic E-state index is -3.78. The lowest BCUT2D eigenvalue weighted by atomic mass is 9.87. The molecule has 1 aliphatic heterocycles. The molecule has 2 aromatic rings. The van der Waals surface area contributed by atoms with Crippen LogP contribution in [0.25, 0.3) is 0 Å². The topological polar surface area (TPSA) is 101 Å². The highest BCUT2D eigenvalue weighted by molar-refractivity contribution is 7.86. The van der Waals surface area contributed by atoms with Gasteiger partial charge in [0.25, 0.3) is 10.1 Å². The van der Waals surface area contributed by atoms with Gasteiger partial charge in [0.2, 0.25) is 0 Å². The van der Waals surface area contributed by atoms with E-state index in [0.29, 0.717) is 22.7 Å². The number of ether oxygens (including phenoxy) is 1. The molecule has 146 valence electrons. The minimum absolute atomic E-state index is 0.322. The second-order valence-electron chi connectivity index (χ2n) is 6.99. The van der Waals surface area contributed by atoms with Gasteiger partial charge < -0.3 is 4.74 Å². The minimum Gasteiger partial charge on any atom is -0.485 e. The number of nitrogens with one attached hydrogen (secondary N) is 1. The molecule has 1 N–H and O–H groups in total. The summed E-state index contributed by atoms with van der Waals surface area (Å²) >= 11 is 0. The van der Waals surface area contributed by atoms with Crippen molar-refractivity contribution in [3.05, 3.63) is 65.7 Å². The molecular weight excluding hydrogens is 378 g/mol. The number of amidine groups is 1. The van der Waals surface area contributed by atoms with Crippen LogP contribution < -0.4 is 10.1 Å². The standard InChI is InChI=1S/C20H21N3O4S/c1-20(2)18(27-28(3,24)25)17(15-11-7-8-12-16(15)26-20)23-19(22-13-21)14-9-5-4-6-10-14/h4-12,17-18H,1-3H3,(H,22,23). The Labute approximate surface area is 164 Å². The summed E-state index contributed by atoms with van der Waals surface area (Å²) in [5, 5.41) is 11.8. The maximum Gasteiger partial charge on any atom is 0.264 e. The molecule has 2 atom stereocenters. The van der Waals surface area contributed by atoms with Crippen LogP contribution in [0.3, 0.4) is 0 Å². The number of hydrogen-bond donors (Lipinski definition) is 1. The van der Waals surface area contributed by atoms with Gasteiger partial charge in [-0.2, -0.15) is 13.7 Å². The van der Waals surface area contributed by atoms with Gasteiger partial charge in [0.05, 0.1) is 6.26 Å². The maximum atomic E-state index is 11.9. The number of hydrogen-bond acceptors (Lipinski definition) is 6. The highest BCUT2D eigenvalue weighted by Crippen LogP contribution is 2.43. The predicted octanol–water partition coefficient (Wildman–Crippen LogP) is 2.76. The van der Waals surface area contributed by atoms with Crippen LogP contribution in [-0.4, -0.2) is 32.2 Å². The highest BCUT2D eigenvalue weighted by Gasteiger charge is 2.47. The van der Waals surface area contributed by atoms with Crippen molar-refractivity contribution < 1.29 is 17.3 Å². The third-order valence-corrected chi connectivity index (χ3v) is 4.91. The van der Waals surface area contributed by atoms with Crippen molar-refractivity contribution in [3.8, 4) is 11.9 Å². The number of nitriles is 1. The number of benzene rings is 2. The molecule has 2 unspecified atom stereocenters. The van der Waals surface area contributed by atoms with E-state index in [1.165, 1.54) is 0 Å². The Hall–Kier alpha value is -2.89. The van der Waals surface area contributed by atoms with Gasteiger partial charge in [-0.3, -0.25) is 14.5 Å². The molecule has 0 radical (unpaired) electrons. The van der Waals surface area contributed by atoms with E-state index < -0.39 is 27.9 Å². The van der Waals surface area contributed by atoms with Crippen LogP contribution in [0.15, 0.2) is 59.6 Å². The molecule has 0 aromatic heterocycles. The quantitative estimate of drug-likeness (QED) is 0.279. The first-order valence-electron chi connectivity index (χ1n) is 8.66. The molecule has 0 spiro atoms. The van der Waals surface area contributed by atoms with Crippen LogP contribution in [0.4, 0.5) is 0 Å². The van der Waals surface area contributed by atoms with E-state index in [1.54, 1.807) is 19.9 Å². The lowest BCUT2D eigenvalue weighted by molar-refractivity contribution is -0.0386. The summed E-state index contributed by atoms with van der Waals surface area (Å²) in [4.78, 5) is 4.71. The molecule has 0 saturated carbocycles. The summed E-state index contributed by atoms with van der Waals surface area (Å²) in [7, 11) is -3.78. The zero-order chi connectivity index (χ0) is 20.4. The van der Waals surface area contributed by atoms with Gasteiger partial charge in [0.1, 0.15) is 29.3 Å². The van der Waals surface area contributed by atoms with Crippen LogP contribution in [0.1, 0.15) is 31.0 Å². The summed E-state index contributed by atoms with van der Waals surface area (Å²) in [5.74, 6) is 0.918. The Morgan fingerprint density at radius 1 is 1.18 bits per heavy atom. The Morgan fingerprint density at radius 2 is 1.82 bits per heavy atom.